The van der Waals surface area contributed by atoms with Crippen LogP contribution in [0.3, 0.4) is 0 Å². The predicted molar refractivity (Wildman–Crippen MR) is 77.0 cm³/mol. The van der Waals surface area contributed by atoms with E-state index in [1.54, 1.807) is 6.26 Å². The van der Waals surface area contributed by atoms with Gasteiger partial charge in [0.1, 0.15) is 5.76 Å². The molecule has 2 nitrogen and oxygen atoms in total. The van der Waals surface area contributed by atoms with E-state index in [2.05, 4.69) is 36.5 Å². The molecular formula is C17H21NO. The molecule has 0 spiro atoms. The van der Waals surface area contributed by atoms with Crippen molar-refractivity contribution in [1.82, 2.24) is 5.32 Å². The van der Waals surface area contributed by atoms with E-state index in [9.17, 15) is 0 Å². The van der Waals surface area contributed by atoms with Crippen molar-refractivity contribution in [3.8, 4) is 0 Å². The first-order valence-corrected chi connectivity index (χ1v) is 7.22. The lowest BCUT2D eigenvalue weighted by Crippen LogP contribution is -2.24. The third-order valence-electron chi connectivity index (χ3n) is 4.04. The lowest BCUT2D eigenvalue weighted by molar-refractivity contribution is 0.379. The summed E-state index contributed by atoms with van der Waals surface area (Å²) in [6.07, 6.45) is 6.75. The summed E-state index contributed by atoms with van der Waals surface area (Å²) in [7, 11) is 0. The Morgan fingerprint density at radius 1 is 1.16 bits per heavy atom. The van der Waals surface area contributed by atoms with Crippen LogP contribution in [0.5, 0.6) is 0 Å². The first-order chi connectivity index (χ1) is 9.34. The Labute approximate surface area is 114 Å². The van der Waals surface area contributed by atoms with Gasteiger partial charge >= 0.3 is 0 Å². The summed E-state index contributed by atoms with van der Waals surface area (Å²) < 4.78 is 5.49. The maximum atomic E-state index is 5.49. The number of hydrogen-bond acceptors (Lipinski definition) is 2. The van der Waals surface area contributed by atoms with Gasteiger partial charge in [-0.3, -0.25) is 0 Å². The molecule has 1 N–H and O–H groups in total. The molecule has 2 aromatic rings. The maximum Gasteiger partial charge on any atom is 0.120 e. The largest absolute Gasteiger partial charge is 0.468 e. The zero-order chi connectivity index (χ0) is 13.1. The van der Waals surface area contributed by atoms with Crippen molar-refractivity contribution in [1.29, 1.82) is 0 Å². The fraction of sp³-hybridized carbons (Fsp3) is 0.412. The molecule has 1 unspecified atom stereocenters. The van der Waals surface area contributed by atoms with Crippen LogP contribution in [-0.2, 0) is 6.42 Å². The van der Waals surface area contributed by atoms with E-state index < -0.39 is 0 Å². The summed E-state index contributed by atoms with van der Waals surface area (Å²) in [5.41, 5.74) is 2.97. The van der Waals surface area contributed by atoms with Crippen LogP contribution in [0.4, 0.5) is 0 Å². The zero-order valence-corrected chi connectivity index (χ0v) is 11.4. The molecule has 0 bridgehead atoms. The van der Waals surface area contributed by atoms with Gasteiger partial charge in [-0.25, -0.2) is 0 Å². The van der Waals surface area contributed by atoms with Crippen molar-refractivity contribution in [2.75, 3.05) is 0 Å². The van der Waals surface area contributed by atoms with Gasteiger partial charge in [-0.2, -0.15) is 0 Å². The summed E-state index contributed by atoms with van der Waals surface area (Å²) in [4.78, 5) is 0. The number of hydrogen-bond donors (Lipinski definition) is 1. The van der Waals surface area contributed by atoms with Crippen molar-refractivity contribution in [2.24, 2.45) is 0 Å². The lowest BCUT2D eigenvalue weighted by Gasteiger charge is -2.23. The molecule has 100 valence electrons. The van der Waals surface area contributed by atoms with Crippen LogP contribution >= 0.6 is 0 Å². The molecule has 0 aliphatic heterocycles. The molecule has 0 fully saturated rings. The first-order valence-electron chi connectivity index (χ1n) is 7.22. The Balaban J connectivity index is 1.80. The van der Waals surface area contributed by atoms with E-state index in [0.29, 0.717) is 6.04 Å². The third-order valence-corrected chi connectivity index (χ3v) is 4.04. The molecule has 1 aromatic carbocycles. The van der Waals surface area contributed by atoms with Gasteiger partial charge in [0, 0.05) is 6.04 Å². The van der Waals surface area contributed by atoms with Crippen molar-refractivity contribution >= 4 is 0 Å². The number of benzene rings is 1. The molecule has 19 heavy (non-hydrogen) atoms. The van der Waals surface area contributed by atoms with Crippen LogP contribution in [0.1, 0.15) is 55.2 Å². The molecule has 0 amide bonds. The fourth-order valence-corrected chi connectivity index (χ4v) is 3.02. The van der Waals surface area contributed by atoms with Crippen LogP contribution in [-0.4, -0.2) is 0 Å². The average molecular weight is 255 g/mol. The summed E-state index contributed by atoms with van der Waals surface area (Å²) in [5, 5.41) is 3.72. The highest BCUT2D eigenvalue weighted by molar-refractivity contribution is 5.31. The summed E-state index contributed by atoms with van der Waals surface area (Å²) in [6.45, 7) is 2.17. The van der Waals surface area contributed by atoms with Gasteiger partial charge in [0.25, 0.3) is 0 Å². The predicted octanol–water partition coefficient (Wildman–Crippen LogP) is 4.40. The fourth-order valence-electron chi connectivity index (χ4n) is 3.02. The average Bonchev–Trinajstić information content (AvgIpc) is 2.90. The van der Waals surface area contributed by atoms with E-state index in [0.717, 1.165) is 5.76 Å². The SMILES string of the molecule is C[C@H](NC1CCCCc2ccccc21)c1ccco1. The van der Waals surface area contributed by atoms with E-state index in [4.69, 9.17) is 4.42 Å². The first kappa shape index (κ1) is 12.5. The Morgan fingerprint density at radius 3 is 2.89 bits per heavy atom. The van der Waals surface area contributed by atoms with E-state index in [1.807, 2.05) is 12.1 Å². The molecule has 2 heteroatoms. The van der Waals surface area contributed by atoms with Crippen LogP contribution in [0.15, 0.2) is 47.1 Å². The molecule has 2 atom stereocenters. The summed E-state index contributed by atoms with van der Waals surface area (Å²) in [5.74, 6) is 1.02. The standard InChI is InChI=1S/C17H21NO/c1-13(17-11-6-12-19-17)18-16-10-5-3-8-14-7-2-4-9-15(14)16/h2,4,6-7,9,11-13,16,18H,3,5,8,10H2,1H3/t13-,16?/m0/s1. The highest BCUT2D eigenvalue weighted by atomic mass is 16.3. The Hall–Kier alpha value is -1.54. The molecule has 1 aliphatic rings. The second-order valence-electron chi connectivity index (χ2n) is 5.40. The van der Waals surface area contributed by atoms with Gasteiger partial charge in [-0.05, 0) is 49.4 Å². The van der Waals surface area contributed by atoms with Crippen LogP contribution in [0.2, 0.25) is 0 Å². The van der Waals surface area contributed by atoms with Crippen LogP contribution in [0.25, 0.3) is 0 Å². The molecule has 0 saturated heterocycles. The van der Waals surface area contributed by atoms with Crippen molar-refractivity contribution in [3.05, 3.63) is 59.5 Å². The normalized spacial score (nSPS) is 20.6. The van der Waals surface area contributed by atoms with Gasteiger partial charge in [-0.1, -0.05) is 30.7 Å². The smallest absolute Gasteiger partial charge is 0.120 e. The van der Waals surface area contributed by atoms with E-state index in [-0.39, 0.29) is 6.04 Å². The van der Waals surface area contributed by atoms with E-state index in [1.165, 1.54) is 36.8 Å². The van der Waals surface area contributed by atoms with Gasteiger partial charge in [0.15, 0.2) is 0 Å². The van der Waals surface area contributed by atoms with Crippen LogP contribution in [0, 0.1) is 0 Å². The number of aryl methyl sites for hydroxylation is 1. The Bertz CT molecular complexity index is 518. The van der Waals surface area contributed by atoms with Crippen LogP contribution < -0.4 is 5.32 Å². The Kier molecular flexibility index (Phi) is 3.69. The topological polar surface area (TPSA) is 25.2 Å². The van der Waals surface area contributed by atoms with Crippen molar-refractivity contribution in [3.63, 3.8) is 0 Å². The highest BCUT2D eigenvalue weighted by Gasteiger charge is 2.20. The van der Waals surface area contributed by atoms with Gasteiger partial charge in [-0.15, -0.1) is 0 Å². The number of nitrogens with one attached hydrogen (secondary N) is 1. The van der Waals surface area contributed by atoms with Gasteiger partial charge in [0.05, 0.1) is 12.3 Å². The minimum atomic E-state index is 0.256. The highest BCUT2D eigenvalue weighted by Crippen LogP contribution is 2.30. The lowest BCUT2D eigenvalue weighted by atomic mass is 9.98. The molecule has 1 aromatic heterocycles. The number of rotatable bonds is 3. The molecule has 1 heterocycles. The number of furan rings is 1. The second-order valence-corrected chi connectivity index (χ2v) is 5.40. The van der Waals surface area contributed by atoms with Gasteiger partial charge in [0.2, 0.25) is 0 Å². The van der Waals surface area contributed by atoms with Gasteiger partial charge < -0.3 is 9.73 Å². The van der Waals surface area contributed by atoms with E-state index >= 15 is 0 Å². The monoisotopic (exact) mass is 255 g/mol. The second kappa shape index (κ2) is 5.62. The van der Waals surface area contributed by atoms with Crippen molar-refractivity contribution in [2.45, 2.75) is 44.7 Å². The Morgan fingerprint density at radius 2 is 2.05 bits per heavy atom. The number of fused-ring (bicyclic) bond motifs is 1. The zero-order valence-electron chi connectivity index (χ0n) is 11.4. The summed E-state index contributed by atoms with van der Waals surface area (Å²) in [6, 6.07) is 13.5. The minimum absolute atomic E-state index is 0.256. The molecule has 3 rings (SSSR count). The molecule has 0 saturated carbocycles. The maximum absolute atomic E-state index is 5.49. The minimum Gasteiger partial charge on any atom is -0.468 e. The molecule has 1 aliphatic carbocycles. The third kappa shape index (κ3) is 2.74. The summed E-state index contributed by atoms with van der Waals surface area (Å²) >= 11 is 0. The molecule has 0 radical (unpaired) electrons. The quantitative estimate of drug-likeness (QED) is 0.822. The molecular weight excluding hydrogens is 234 g/mol. The van der Waals surface area contributed by atoms with Crippen molar-refractivity contribution < 1.29 is 4.42 Å².